The highest BCUT2D eigenvalue weighted by Gasteiger charge is 2.19. The molecule has 0 radical (unpaired) electrons. The van der Waals surface area contributed by atoms with Gasteiger partial charge in [0.05, 0.1) is 6.61 Å². The van der Waals surface area contributed by atoms with Crippen LogP contribution in [0.3, 0.4) is 0 Å². The van der Waals surface area contributed by atoms with E-state index in [-0.39, 0.29) is 0 Å². The fourth-order valence-corrected chi connectivity index (χ4v) is 1.93. The normalized spacial score (nSPS) is 21.4. The van der Waals surface area contributed by atoms with E-state index in [0.717, 1.165) is 26.3 Å². The Morgan fingerprint density at radius 3 is 2.87 bits per heavy atom. The fourth-order valence-electron chi connectivity index (χ4n) is 1.93. The largest absolute Gasteiger partial charge is 0.380 e. The van der Waals surface area contributed by atoms with Gasteiger partial charge >= 0.3 is 0 Å². The van der Waals surface area contributed by atoms with E-state index in [0.29, 0.717) is 6.04 Å². The Bertz CT molecular complexity index is 147. The monoisotopic (exact) mass is 214 g/mol. The van der Waals surface area contributed by atoms with Crippen molar-refractivity contribution in [2.45, 2.75) is 38.6 Å². The molecule has 1 N–H and O–H groups in total. The summed E-state index contributed by atoms with van der Waals surface area (Å²) in [6, 6.07) is 0.655. The first-order valence-electron chi connectivity index (χ1n) is 6.33. The van der Waals surface area contributed by atoms with E-state index in [2.05, 4.69) is 24.2 Å². The van der Waals surface area contributed by atoms with Crippen molar-refractivity contribution < 1.29 is 4.74 Å². The summed E-state index contributed by atoms with van der Waals surface area (Å²) in [4.78, 5) is 2.42. The maximum Gasteiger partial charge on any atom is 0.0622 e. The van der Waals surface area contributed by atoms with Gasteiger partial charge in [0.25, 0.3) is 0 Å². The molecule has 0 aliphatic carbocycles. The number of nitrogens with one attached hydrogen (secondary N) is 1. The Kier molecular flexibility index (Phi) is 6.98. The molecule has 1 rings (SSSR count). The summed E-state index contributed by atoms with van der Waals surface area (Å²) in [6.45, 7) is 7.53. The molecule has 1 saturated heterocycles. The highest BCUT2D eigenvalue weighted by molar-refractivity contribution is 4.73. The van der Waals surface area contributed by atoms with Crippen molar-refractivity contribution in [2.75, 3.05) is 39.9 Å². The number of rotatable bonds is 8. The highest BCUT2D eigenvalue weighted by atomic mass is 16.5. The molecule has 0 saturated carbocycles. The van der Waals surface area contributed by atoms with Crippen molar-refractivity contribution in [1.29, 1.82) is 0 Å². The molecule has 1 unspecified atom stereocenters. The summed E-state index contributed by atoms with van der Waals surface area (Å²) < 4.78 is 5.38. The van der Waals surface area contributed by atoms with Gasteiger partial charge in [0.15, 0.2) is 0 Å². The number of nitrogens with zero attached hydrogens (tertiary/aromatic N) is 1. The molecule has 0 aromatic carbocycles. The molecule has 15 heavy (non-hydrogen) atoms. The van der Waals surface area contributed by atoms with Gasteiger partial charge in [0, 0.05) is 25.7 Å². The number of hydrogen-bond donors (Lipinski definition) is 1. The Morgan fingerprint density at radius 1 is 1.33 bits per heavy atom. The van der Waals surface area contributed by atoms with E-state index in [1.54, 1.807) is 0 Å². The summed E-state index contributed by atoms with van der Waals surface area (Å²) in [6.07, 6.45) is 5.17. The summed E-state index contributed by atoms with van der Waals surface area (Å²) in [5.74, 6) is 0. The van der Waals surface area contributed by atoms with Gasteiger partial charge in [-0.25, -0.2) is 0 Å². The van der Waals surface area contributed by atoms with E-state index in [9.17, 15) is 0 Å². The van der Waals surface area contributed by atoms with Crippen LogP contribution in [-0.4, -0.2) is 50.8 Å². The van der Waals surface area contributed by atoms with Crippen LogP contribution < -0.4 is 5.32 Å². The molecule has 0 aromatic rings. The van der Waals surface area contributed by atoms with Crippen LogP contribution in [0.15, 0.2) is 0 Å². The van der Waals surface area contributed by atoms with Crippen LogP contribution in [-0.2, 0) is 4.74 Å². The van der Waals surface area contributed by atoms with E-state index < -0.39 is 0 Å². The third-order valence-electron chi connectivity index (χ3n) is 3.13. The van der Waals surface area contributed by atoms with Crippen LogP contribution in [0, 0.1) is 0 Å². The highest BCUT2D eigenvalue weighted by Crippen LogP contribution is 2.09. The van der Waals surface area contributed by atoms with Crippen molar-refractivity contribution >= 4 is 0 Å². The maximum atomic E-state index is 5.38. The maximum absolute atomic E-state index is 5.38. The zero-order valence-corrected chi connectivity index (χ0v) is 10.3. The van der Waals surface area contributed by atoms with Gasteiger partial charge in [-0.2, -0.15) is 0 Å². The zero-order chi connectivity index (χ0) is 10.9. The van der Waals surface area contributed by atoms with Gasteiger partial charge in [0.1, 0.15) is 0 Å². The lowest BCUT2D eigenvalue weighted by Crippen LogP contribution is -2.37. The topological polar surface area (TPSA) is 24.5 Å². The molecule has 1 aliphatic heterocycles. The van der Waals surface area contributed by atoms with E-state index in [1.165, 1.54) is 32.2 Å². The lowest BCUT2D eigenvalue weighted by Gasteiger charge is -2.22. The molecule has 1 aliphatic rings. The average Bonchev–Trinajstić information content (AvgIpc) is 2.76. The average molecular weight is 214 g/mol. The Labute approximate surface area is 94.2 Å². The molecule has 3 heteroatoms. The summed E-state index contributed by atoms with van der Waals surface area (Å²) in [5.41, 5.74) is 0. The molecule has 3 nitrogen and oxygen atoms in total. The molecule has 1 atom stereocenters. The van der Waals surface area contributed by atoms with E-state index >= 15 is 0 Å². The van der Waals surface area contributed by atoms with Gasteiger partial charge in [-0.15, -0.1) is 0 Å². The van der Waals surface area contributed by atoms with Crippen LogP contribution in [0.2, 0.25) is 0 Å². The summed E-state index contributed by atoms with van der Waals surface area (Å²) in [7, 11) is 2.20. The van der Waals surface area contributed by atoms with Crippen LogP contribution in [0.25, 0.3) is 0 Å². The lowest BCUT2D eigenvalue weighted by atomic mass is 10.2. The molecular weight excluding hydrogens is 188 g/mol. The van der Waals surface area contributed by atoms with Crippen molar-refractivity contribution in [1.82, 2.24) is 10.2 Å². The minimum atomic E-state index is 0.655. The summed E-state index contributed by atoms with van der Waals surface area (Å²) >= 11 is 0. The molecule has 0 bridgehead atoms. The molecular formula is C12H26N2O. The second-order valence-corrected chi connectivity index (χ2v) is 4.46. The predicted molar refractivity (Wildman–Crippen MR) is 64.2 cm³/mol. The number of likely N-dealkylation sites (N-methyl/N-ethyl adjacent to an activating group) is 1. The molecule has 1 fully saturated rings. The third-order valence-corrected chi connectivity index (χ3v) is 3.13. The standard InChI is InChI=1S/C12H26N2O/c1-3-4-5-7-13-8-9-14(2)12-6-10-15-11-12/h12-13H,3-11H2,1-2H3. The molecule has 0 spiro atoms. The van der Waals surface area contributed by atoms with Crippen LogP contribution in [0.5, 0.6) is 0 Å². The van der Waals surface area contributed by atoms with Gasteiger partial charge in [-0.05, 0) is 26.4 Å². The lowest BCUT2D eigenvalue weighted by molar-refractivity contribution is 0.159. The number of ether oxygens (including phenoxy) is 1. The molecule has 0 amide bonds. The van der Waals surface area contributed by atoms with Crippen LogP contribution >= 0.6 is 0 Å². The predicted octanol–water partition coefficient (Wildman–Crippen LogP) is 1.49. The third kappa shape index (κ3) is 5.50. The quantitative estimate of drug-likeness (QED) is 0.620. The number of hydrogen-bond acceptors (Lipinski definition) is 3. The Morgan fingerprint density at radius 2 is 2.20 bits per heavy atom. The van der Waals surface area contributed by atoms with Crippen molar-refractivity contribution in [2.24, 2.45) is 0 Å². The van der Waals surface area contributed by atoms with Gasteiger partial charge in [-0.1, -0.05) is 19.8 Å². The van der Waals surface area contributed by atoms with Crippen LogP contribution in [0.4, 0.5) is 0 Å². The second kappa shape index (κ2) is 8.08. The van der Waals surface area contributed by atoms with E-state index in [4.69, 9.17) is 4.74 Å². The van der Waals surface area contributed by atoms with Crippen LogP contribution in [0.1, 0.15) is 32.6 Å². The fraction of sp³-hybridized carbons (Fsp3) is 1.00. The first-order valence-corrected chi connectivity index (χ1v) is 6.33. The Balaban J connectivity index is 1.90. The first kappa shape index (κ1) is 12.9. The smallest absolute Gasteiger partial charge is 0.0622 e. The van der Waals surface area contributed by atoms with Gasteiger partial charge in [-0.3, -0.25) is 4.90 Å². The Hall–Kier alpha value is -0.120. The minimum Gasteiger partial charge on any atom is -0.380 e. The second-order valence-electron chi connectivity index (χ2n) is 4.46. The molecule has 1 heterocycles. The van der Waals surface area contributed by atoms with Crippen molar-refractivity contribution in [3.8, 4) is 0 Å². The van der Waals surface area contributed by atoms with E-state index in [1.807, 2.05) is 0 Å². The number of unbranched alkanes of at least 4 members (excludes halogenated alkanes) is 2. The van der Waals surface area contributed by atoms with Crippen molar-refractivity contribution in [3.63, 3.8) is 0 Å². The van der Waals surface area contributed by atoms with Crippen molar-refractivity contribution in [3.05, 3.63) is 0 Å². The SMILES string of the molecule is CCCCCNCCN(C)C1CCOC1. The minimum absolute atomic E-state index is 0.655. The first-order chi connectivity index (χ1) is 7.34. The summed E-state index contributed by atoms with van der Waals surface area (Å²) in [5, 5.41) is 3.49. The molecule has 0 aromatic heterocycles. The van der Waals surface area contributed by atoms with Gasteiger partial charge in [0.2, 0.25) is 0 Å². The zero-order valence-electron chi connectivity index (χ0n) is 10.3. The molecule has 90 valence electrons. The van der Waals surface area contributed by atoms with Gasteiger partial charge < -0.3 is 10.1 Å².